The highest BCUT2D eigenvalue weighted by Crippen LogP contribution is 2.07. The van der Waals surface area contributed by atoms with Crippen LogP contribution in [0.15, 0.2) is 0 Å². The number of carbonyl (C=O) groups is 3. The fourth-order valence-corrected chi connectivity index (χ4v) is 1.47. The largest absolute Gasteiger partial charge is 0.481 e. The summed E-state index contributed by atoms with van der Waals surface area (Å²) in [5, 5.41) is 7.42. The second-order valence-corrected chi connectivity index (χ2v) is 3.88. The van der Waals surface area contributed by atoms with Gasteiger partial charge in [0, 0.05) is 40.2 Å². The van der Waals surface area contributed by atoms with Crippen molar-refractivity contribution in [1.29, 1.82) is 0 Å². The Morgan fingerprint density at radius 1 is 1.56 bits per heavy atom. The van der Waals surface area contributed by atoms with Crippen LogP contribution >= 0.6 is 0 Å². The van der Waals surface area contributed by atoms with Gasteiger partial charge in [-0.2, -0.15) is 0 Å². The van der Waals surface area contributed by atoms with Gasteiger partial charge in [0.15, 0.2) is 5.78 Å². The van der Waals surface area contributed by atoms with Gasteiger partial charge in [-0.1, -0.05) is 0 Å². The van der Waals surface area contributed by atoms with Gasteiger partial charge in [-0.05, 0) is 6.42 Å². The predicted molar refractivity (Wildman–Crippen MR) is 64.0 cm³/mol. The number of likely N-dealkylation sites (tertiary alicyclic amines) is 1. The Labute approximate surface area is 106 Å². The van der Waals surface area contributed by atoms with Crippen molar-refractivity contribution in [3.63, 3.8) is 0 Å². The molecule has 1 rings (SSSR count). The van der Waals surface area contributed by atoms with Crippen molar-refractivity contribution < 1.29 is 24.2 Å². The lowest BCUT2D eigenvalue weighted by Crippen LogP contribution is -2.53. The van der Waals surface area contributed by atoms with Gasteiger partial charge in [0.05, 0.1) is 0 Å². The number of ether oxygens (including phenoxy) is 1. The maximum Gasteiger partial charge on any atom is 0.300 e. The molecule has 3 N–H and O–H groups in total. The molecule has 0 radical (unpaired) electrons. The van der Waals surface area contributed by atoms with Gasteiger partial charge >= 0.3 is 0 Å². The first kappa shape index (κ1) is 16.5. The summed E-state index contributed by atoms with van der Waals surface area (Å²) in [7, 11) is 1.62. The molecule has 0 aromatic carbocycles. The Bertz CT molecular complexity index is 302. The zero-order valence-electron chi connectivity index (χ0n) is 10.7. The van der Waals surface area contributed by atoms with Gasteiger partial charge in [0.25, 0.3) is 5.97 Å². The van der Waals surface area contributed by atoms with Gasteiger partial charge in [-0.25, -0.2) is 0 Å². The molecule has 1 saturated heterocycles. The molecule has 1 aliphatic rings. The summed E-state index contributed by atoms with van der Waals surface area (Å²) in [6, 6.07) is -0.939. The molecular weight excluding hydrogens is 240 g/mol. The van der Waals surface area contributed by atoms with Crippen LogP contribution in [0.5, 0.6) is 0 Å². The van der Waals surface area contributed by atoms with Gasteiger partial charge in [-0.15, -0.1) is 0 Å². The van der Waals surface area contributed by atoms with E-state index in [4.69, 9.17) is 20.4 Å². The lowest BCUT2D eigenvalue weighted by atomic mass is 10.0. The fraction of sp³-hybridized carbons (Fsp3) is 0.727. The maximum atomic E-state index is 11.5. The molecule has 1 amide bonds. The van der Waals surface area contributed by atoms with Crippen LogP contribution in [0.25, 0.3) is 0 Å². The predicted octanol–water partition coefficient (Wildman–Crippen LogP) is -0.757. The maximum absolute atomic E-state index is 11.5. The molecule has 7 heteroatoms. The van der Waals surface area contributed by atoms with Crippen LogP contribution < -0.4 is 5.73 Å². The van der Waals surface area contributed by atoms with Crippen molar-refractivity contribution >= 4 is 17.7 Å². The molecule has 1 atom stereocenters. The lowest BCUT2D eigenvalue weighted by molar-refractivity contribution is -0.141. The van der Waals surface area contributed by atoms with Crippen LogP contribution in [0.2, 0.25) is 0 Å². The number of carboxylic acid groups (broad SMARTS) is 1. The zero-order chi connectivity index (χ0) is 14.1. The number of carboxylic acids is 1. The second kappa shape index (κ2) is 8.60. The summed E-state index contributed by atoms with van der Waals surface area (Å²) >= 11 is 0. The number of nitrogens with zero attached hydrogens (tertiary/aromatic N) is 1. The van der Waals surface area contributed by atoms with Gasteiger partial charge in [-0.3, -0.25) is 14.4 Å². The minimum atomic E-state index is -0.939. The molecule has 0 aliphatic carbocycles. The molecule has 104 valence electrons. The second-order valence-electron chi connectivity index (χ2n) is 3.88. The Hall–Kier alpha value is -1.47. The Balaban J connectivity index is 0.000000631. The van der Waals surface area contributed by atoms with Gasteiger partial charge in [0.2, 0.25) is 5.91 Å². The van der Waals surface area contributed by atoms with Crippen molar-refractivity contribution in [1.82, 2.24) is 4.90 Å². The minimum Gasteiger partial charge on any atom is -0.481 e. The third kappa shape index (κ3) is 6.31. The Morgan fingerprint density at radius 2 is 2.11 bits per heavy atom. The number of nitrogens with two attached hydrogens (primary N) is 1. The molecule has 18 heavy (non-hydrogen) atoms. The van der Waals surface area contributed by atoms with E-state index in [-0.39, 0.29) is 11.7 Å². The number of hydrogen-bond acceptors (Lipinski definition) is 5. The Morgan fingerprint density at radius 3 is 2.61 bits per heavy atom. The summed E-state index contributed by atoms with van der Waals surface area (Å²) in [6.45, 7) is 2.82. The Kier molecular flexibility index (Phi) is 7.89. The molecule has 0 saturated carbocycles. The first-order valence-electron chi connectivity index (χ1n) is 5.65. The van der Waals surface area contributed by atoms with E-state index in [9.17, 15) is 9.59 Å². The summed E-state index contributed by atoms with van der Waals surface area (Å²) < 4.78 is 4.88. The third-order valence-corrected chi connectivity index (χ3v) is 2.33. The van der Waals surface area contributed by atoms with E-state index in [0.29, 0.717) is 26.1 Å². The van der Waals surface area contributed by atoms with Crippen molar-refractivity contribution in [2.45, 2.75) is 25.8 Å². The minimum absolute atomic E-state index is 0.155. The van der Waals surface area contributed by atoms with Crippen LogP contribution in [-0.2, 0) is 19.1 Å². The molecule has 1 aliphatic heterocycles. The molecule has 7 nitrogen and oxygen atoms in total. The van der Waals surface area contributed by atoms with Crippen LogP contribution in [0.4, 0.5) is 0 Å². The first-order chi connectivity index (χ1) is 8.40. The number of aliphatic carboxylic acids is 1. The summed E-state index contributed by atoms with van der Waals surface area (Å²) in [6.07, 6.45) is 1.16. The highest BCUT2D eigenvalue weighted by Gasteiger charge is 2.31. The monoisotopic (exact) mass is 260 g/mol. The fourth-order valence-electron chi connectivity index (χ4n) is 1.47. The van der Waals surface area contributed by atoms with Crippen molar-refractivity contribution in [2.24, 2.45) is 5.73 Å². The number of amides is 1. The quantitative estimate of drug-likeness (QED) is 0.508. The molecular formula is C11H20N2O5. The SMILES string of the molecule is CC(=O)O.COCCCN1CCC(=O)C(N)C1=O. The summed E-state index contributed by atoms with van der Waals surface area (Å²) in [5.41, 5.74) is 5.44. The van der Waals surface area contributed by atoms with Crippen molar-refractivity contribution in [2.75, 3.05) is 26.8 Å². The normalized spacial score (nSPS) is 19.3. The van der Waals surface area contributed by atoms with E-state index >= 15 is 0 Å². The molecule has 0 aromatic rings. The molecule has 1 heterocycles. The third-order valence-electron chi connectivity index (χ3n) is 2.33. The highest BCUT2D eigenvalue weighted by atomic mass is 16.5. The average Bonchev–Trinajstić information content (AvgIpc) is 2.29. The van der Waals surface area contributed by atoms with E-state index in [1.54, 1.807) is 12.0 Å². The number of piperidine rings is 1. The molecule has 1 fully saturated rings. The van der Waals surface area contributed by atoms with E-state index in [0.717, 1.165) is 13.3 Å². The zero-order valence-corrected chi connectivity index (χ0v) is 10.7. The number of hydrogen-bond donors (Lipinski definition) is 2. The topological polar surface area (TPSA) is 110 Å². The summed E-state index contributed by atoms with van der Waals surface area (Å²) in [5.74, 6) is -1.24. The average molecular weight is 260 g/mol. The smallest absolute Gasteiger partial charge is 0.300 e. The van der Waals surface area contributed by atoms with Crippen LogP contribution in [0.3, 0.4) is 0 Å². The molecule has 1 unspecified atom stereocenters. The molecule has 0 bridgehead atoms. The van der Waals surface area contributed by atoms with E-state index in [1.165, 1.54) is 0 Å². The van der Waals surface area contributed by atoms with E-state index in [2.05, 4.69) is 0 Å². The van der Waals surface area contributed by atoms with Gasteiger partial charge in [0.1, 0.15) is 6.04 Å². The standard InChI is InChI=1S/C9H16N2O3.C2H4O2/c1-14-6-2-4-11-5-3-7(12)8(10)9(11)13;1-2(3)4/h8H,2-6,10H2,1H3;1H3,(H,3,4). The lowest BCUT2D eigenvalue weighted by Gasteiger charge is -2.29. The number of ketones is 1. The van der Waals surface area contributed by atoms with Crippen molar-refractivity contribution in [3.05, 3.63) is 0 Å². The first-order valence-corrected chi connectivity index (χ1v) is 5.65. The number of carbonyl (C=O) groups excluding carboxylic acids is 2. The molecule has 0 spiro atoms. The number of Topliss-reactive ketones (excluding diaryl/α,β-unsaturated/α-hetero) is 1. The van der Waals surface area contributed by atoms with E-state index in [1.807, 2.05) is 0 Å². The number of rotatable bonds is 4. The van der Waals surface area contributed by atoms with Crippen LogP contribution in [-0.4, -0.2) is 60.5 Å². The number of methoxy groups -OCH3 is 1. The molecule has 0 aromatic heterocycles. The van der Waals surface area contributed by atoms with Crippen molar-refractivity contribution in [3.8, 4) is 0 Å². The van der Waals surface area contributed by atoms with E-state index < -0.39 is 12.0 Å². The van der Waals surface area contributed by atoms with Gasteiger partial charge < -0.3 is 20.5 Å². The summed E-state index contributed by atoms with van der Waals surface area (Å²) in [4.78, 5) is 33.2. The van der Waals surface area contributed by atoms with Crippen LogP contribution in [0.1, 0.15) is 19.8 Å². The van der Waals surface area contributed by atoms with Crippen LogP contribution in [0, 0.1) is 0 Å². The highest BCUT2D eigenvalue weighted by molar-refractivity contribution is 6.07.